The molecule has 3 N–H and O–H groups in total. The van der Waals surface area contributed by atoms with E-state index in [0.717, 1.165) is 0 Å². The molecule has 0 saturated heterocycles. The van der Waals surface area contributed by atoms with Gasteiger partial charge in [-0.2, -0.15) is 9.82 Å². The minimum atomic E-state index is -4.17. The van der Waals surface area contributed by atoms with E-state index in [0.29, 0.717) is 0 Å². The van der Waals surface area contributed by atoms with Crippen LogP contribution in [0.25, 0.3) is 0 Å². The first-order chi connectivity index (χ1) is 9.08. The van der Waals surface area contributed by atoms with E-state index in [1.165, 1.54) is 32.8 Å². The zero-order valence-electron chi connectivity index (χ0n) is 11.5. The predicted molar refractivity (Wildman–Crippen MR) is 68.8 cm³/mol. The molecule has 0 aromatic carbocycles. The molecule has 0 aliphatic carbocycles. The molecule has 1 heterocycles. The van der Waals surface area contributed by atoms with Gasteiger partial charge in [0, 0.05) is 14.1 Å². The molecule has 0 radical (unpaired) electrons. The topological polar surface area (TPSA) is 132 Å². The van der Waals surface area contributed by atoms with Crippen molar-refractivity contribution in [3.05, 3.63) is 11.4 Å². The van der Waals surface area contributed by atoms with Gasteiger partial charge >= 0.3 is 5.97 Å². The average molecular weight is 304 g/mol. The van der Waals surface area contributed by atoms with E-state index in [4.69, 9.17) is 5.11 Å². The highest BCUT2D eigenvalue weighted by atomic mass is 32.2. The second-order valence-corrected chi connectivity index (χ2v) is 6.06. The SMILES string of the molecule is Cc1[nH]nc(C(=O)O)c1S(=O)(=O)NC(C)C(=O)N(C)C. The number of hydrogen-bond donors (Lipinski definition) is 3. The fourth-order valence-corrected chi connectivity index (χ4v) is 3.14. The number of aromatic amines is 1. The van der Waals surface area contributed by atoms with Crippen LogP contribution in [0.2, 0.25) is 0 Å². The molecule has 0 aliphatic rings. The molecule has 1 rings (SSSR count). The number of amides is 1. The molecule has 1 aromatic rings. The van der Waals surface area contributed by atoms with Crippen molar-refractivity contribution in [3.63, 3.8) is 0 Å². The first kappa shape index (κ1) is 16.1. The van der Waals surface area contributed by atoms with Gasteiger partial charge in [-0.3, -0.25) is 9.89 Å². The summed E-state index contributed by atoms with van der Waals surface area (Å²) in [5, 5.41) is 14.7. The maximum atomic E-state index is 12.2. The third-order valence-corrected chi connectivity index (χ3v) is 4.21. The van der Waals surface area contributed by atoms with E-state index < -0.39 is 38.5 Å². The van der Waals surface area contributed by atoms with E-state index in [1.807, 2.05) is 0 Å². The van der Waals surface area contributed by atoms with E-state index in [2.05, 4.69) is 14.9 Å². The van der Waals surface area contributed by atoms with Crippen LogP contribution in [-0.2, 0) is 14.8 Å². The van der Waals surface area contributed by atoms with Crippen molar-refractivity contribution >= 4 is 21.9 Å². The molecule has 1 unspecified atom stereocenters. The Morgan fingerprint density at radius 1 is 1.40 bits per heavy atom. The van der Waals surface area contributed by atoms with Gasteiger partial charge in [0.1, 0.15) is 4.90 Å². The molecule has 20 heavy (non-hydrogen) atoms. The fourth-order valence-electron chi connectivity index (χ4n) is 1.62. The predicted octanol–water partition coefficient (Wildman–Crippen LogP) is -0.829. The Morgan fingerprint density at radius 2 is 1.95 bits per heavy atom. The molecule has 0 spiro atoms. The highest BCUT2D eigenvalue weighted by molar-refractivity contribution is 7.89. The largest absolute Gasteiger partial charge is 0.476 e. The first-order valence-corrected chi connectivity index (χ1v) is 7.08. The number of carbonyl (C=O) groups is 2. The number of likely N-dealkylation sites (N-methyl/N-ethyl adjacent to an activating group) is 1. The monoisotopic (exact) mass is 304 g/mol. The van der Waals surface area contributed by atoms with Gasteiger partial charge in [0.25, 0.3) is 0 Å². The van der Waals surface area contributed by atoms with Crippen molar-refractivity contribution in [1.82, 2.24) is 19.8 Å². The molecule has 1 aromatic heterocycles. The van der Waals surface area contributed by atoms with Crippen molar-refractivity contribution in [2.24, 2.45) is 0 Å². The van der Waals surface area contributed by atoms with Gasteiger partial charge in [0.15, 0.2) is 5.69 Å². The average Bonchev–Trinajstić information content (AvgIpc) is 2.70. The number of carboxylic acid groups (broad SMARTS) is 1. The van der Waals surface area contributed by atoms with Crippen molar-refractivity contribution in [1.29, 1.82) is 0 Å². The van der Waals surface area contributed by atoms with Gasteiger partial charge in [-0.25, -0.2) is 13.2 Å². The van der Waals surface area contributed by atoms with Gasteiger partial charge in [0.2, 0.25) is 15.9 Å². The van der Waals surface area contributed by atoms with E-state index in [9.17, 15) is 18.0 Å². The number of aromatic carboxylic acids is 1. The van der Waals surface area contributed by atoms with Crippen LogP contribution in [0.5, 0.6) is 0 Å². The second-order valence-electron chi connectivity index (χ2n) is 4.41. The third kappa shape index (κ3) is 3.14. The number of H-pyrrole nitrogens is 1. The summed E-state index contributed by atoms with van der Waals surface area (Å²) in [5.41, 5.74) is -0.529. The van der Waals surface area contributed by atoms with Crippen LogP contribution < -0.4 is 4.72 Å². The summed E-state index contributed by atoms with van der Waals surface area (Å²) in [6, 6.07) is -1.02. The number of aromatic nitrogens is 2. The Bertz CT molecular complexity index is 634. The van der Waals surface area contributed by atoms with Crippen LogP contribution in [0.15, 0.2) is 4.90 Å². The Balaban J connectivity index is 3.16. The van der Waals surface area contributed by atoms with Crippen LogP contribution in [0.1, 0.15) is 23.1 Å². The van der Waals surface area contributed by atoms with Crippen molar-refractivity contribution in [2.45, 2.75) is 24.8 Å². The minimum absolute atomic E-state index is 0.0828. The maximum Gasteiger partial charge on any atom is 0.357 e. The second kappa shape index (κ2) is 5.59. The van der Waals surface area contributed by atoms with E-state index >= 15 is 0 Å². The zero-order valence-corrected chi connectivity index (χ0v) is 12.3. The Hall–Kier alpha value is -1.94. The van der Waals surface area contributed by atoms with E-state index in [1.54, 1.807) is 0 Å². The molecular weight excluding hydrogens is 288 g/mol. The molecule has 112 valence electrons. The Labute approximate surface area is 116 Å². The Morgan fingerprint density at radius 3 is 2.40 bits per heavy atom. The minimum Gasteiger partial charge on any atom is -0.476 e. The molecule has 10 heteroatoms. The number of nitrogens with one attached hydrogen (secondary N) is 2. The van der Waals surface area contributed by atoms with Crippen LogP contribution in [0.4, 0.5) is 0 Å². The quantitative estimate of drug-likeness (QED) is 0.650. The van der Waals surface area contributed by atoms with Gasteiger partial charge < -0.3 is 10.0 Å². The van der Waals surface area contributed by atoms with Crippen LogP contribution in [0.3, 0.4) is 0 Å². The number of carbonyl (C=O) groups excluding carboxylic acids is 1. The molecule has 0 aliphatic heterocycles. The van der Waals surface area contributed by atoms with E-state index in [-0.39, 0.29) is 5.69 Å². The van der Waals surface area contributed by atoms with Crippen LogP contribution >= 0.6 is 0 Å². The summed E-state index contributed by atoms with van der Waals surface area (Å²) in [7, 11) is -1.20. The number of hydrogen-bond acceptors (Lipinski definition) is 5. The van der Waals surface area contributed by atoms with Gasteiger partial charge in [-0.15, -0.1) is 0 Å². The normalized spacial score (nSPS) is 13.0. The lowest BCUT2D eigenvalue weighted by Gasteiger charge is -2.18. The molecule has 1 atom stereocenters. The lowest BCUT2D eigenvalue weighted by atomic mass is 10.3. The molecule has 9 nitrogen and oxygen atoms in total. The molecule has 0 bridgehead atoms. The molecule has 0 saturated carbocycles. The number of nitrogens with zero attached hydrogens (tertiary/aromatic N) is 2. The smallest absolute Gasteiger partial charge is 0.357 e. The number of carboxylic acids is 1. The van der Waals surface area contributed by atoms with Crippen molar-refractivity contribution < 1.29 is 23.1 Å². The molecule has 1 amide bonds. The van der Waals surface area contributed by atoms with Crippen molar-refractivity contribution in [2.75, 3.05) is 14.1 Å². The number of sulfonamides is 1. The lowest BCUT2D eigenvalue weighted by molar-refractivity contribution is -0.130. The van der Waals surface area contributed by atoms with Gasteiger partial charge in [-0.05, 0) is 13.8 Å². The van der Waals surface area contributed by atoms with Gasteiger partial charge in [0.05, 0.1) is 11.7 Å². The van der Waals surface area contributed by atoms with Crippen LogP contribution in [-0.4, -0.2) is 60.6 Å². The zero-order chi connectivity index (χ0) is 15.7. The summed E-state index contributed by atoms with van der Waals surface area (Å²) >= 11 is 0. The highest BCUT2D eigenvalue weighted by Gasteiger charge is 2.31. The number of aryl methyl sites for hydroxylation is 1. The summed E-state index contributed by atoms with van der Waals surface area (Å²) < 4.78 is 26.5. The summed E-state index contributed by atoms with van der Waals surface area (Å²) in [6.45, 7) is 2.75. The lowest BCUT2D eigenvalue weighted by Crippen LogP contribution is -2.44. The van der Waals surface area contributed by atoms with Gasteiger partial charge in [-0.1, -0.05) is 0 Å². The first-order valence-electron chi connectivity index (χ1n) is 5.59. The molecule has 0 fully saturated rings. The third-order valence-electron chi connectivity index (χ3n) is 2.51. The Kier molecular flexibility index (Phi) is 4.50. The number of rotatable bonds is 5. The molecular formula is C10H16N4O5S. The summed E-state index contributed by atoms with van der Waals surface area (Å²) in [6.07, 6.45) is 0. The maximum absolute atomic E-state index is 12.2. The highest BCUT2D eigenvalue weighted by Crippen LogP contribution is 2.17. The fraction of sp³-hybridized carbons (Fsp3) is 0.500. The standard InChI is InChI=1S/C10H16N4O5S/c1-5-8(7(10(16)17)12-11-5)20(18,19)13-6(2)9(15)14(3)4/h6,13H,1-4H3,(H,11,12)(H,16,17). The van der Waals surface area contributed by atoms with Crippen LogP contribution in [0, 0.1) is 6.92 Å². The summed E-state index contributed by atoms with van der Waals surface area (Å²) in [5.74, 6) is -1.92. The van der Waals surface area contributed by atoms with Crippen molar-refractivity contribution in [3.8, 4) is 0 Å². The summed E-state index contributed by atoms with van der Waals surface area (Å²) in [4.78, 5) is 23.4.